The molecule has 1 aromatic carbocycles. The quantitative estimate of drug-likeness (QED) is 0.894. The van der Waals surface area contributed by atoms with Crippen LogP contribution in [0.3, 0.4) is 0 Å². The molecule has 2 rings (SSSR count). The van der Waals surface area contributed by atoms with Gasteiger partial charge in [0.25, 0.3) is 0 Å². The highest BCUT2D eigenvalue weighted by Gasteiger charge is 2.29. The standard InChI is InChI=1S/C15H20FN3O2S/c1-18-7-4-12-5-8-19(9-6-12)22(20,21)14-2-3-15(16)13(10-14)11-17/h2-3,10,12,18H,4-9H2,1H3. The third-order valence-electron chi connectivity index (χ3n) is 4.07. The van der Waals surface area contributed by atoms with E-state index in [-0.39, 0.29) is 10.5 Å². The molecule has 0 bridgehead atoms. The molecule has 0 aliphatic carbocycles. The number of halogens is 1. The summed E-state index contributed by atoms with van der Waals surface area (Å²) in [5.74, 6) is -0.172. The van der Waals surface area contributed by atoms with E-state index < -0.39 is 15.8 Å². The van der Waals surface area contributed by atoms with Crippen molar-refractivity contribution in [3.63, 3.8) is 0 Å². The molecule has 0 atom stereocenters. The van der Waals surface area contributed by atoms with Gasteiger partial charge in [0.05, 0.1) is 10.5 Å². The molecule has 1 heterocycles. The Hall–Kier alpha value is -1.49. The fourth-order valence-corrected chi connectivity index (χ4v) is 4.18. The molecular formula is C15H20FN3O2S. The predicted molar refractivity (Wildman–Crippen MR) is 81.1 cm³/mol. The van der Waals surface area contributed by atoms with Crippen molar-refractivity contribution in [2.75, 3.05) is 26.7 Å². The molecule has 7 heteroatoms. The number of nitriles is 1. The van der Waals surface area contributed by atoms with Crippen molar-refractivity contribution in [2.24, 2.45) is 5.92 Å². The number of hydrogen-bond donors (Lipinski definition) is 1. The van der Waals surface area contributed by atoms with Crippen LogP contribution in [0.2, 0.25) is 0 Å². The molecule has 22 heavy (non-hydrogen) atoms. The van der Waals surface area contributed by atoms with Gasteiger partial charge in [-0.1, -0.05) is 0 Å². The van der Waals surface area contributed by atoms with E-state index in [1.54, 1.807) is 6.07 Å². The summed E-state index contributed by atoms with van der Waals surface area (Å²) < 4.78 is 39.9. The molecule has 1 N–H and O–H groups in total. The van der Waals surface area contributed by atoms with Crippen molar-refractivity contribution in [2.45, 2.75) is 24.2 Å². The number of hydrogen-bond acceptors (Lipinski definition) is 4. The van der Waals surface area contributed by atoms with E-state index in [0.29, 0.717) is 19.0 Å². The fraction of sp³-hybridized carbons (Fsp3) is 0.533. The zero-order valence-corrected chi connectivity index (χ0v) is 13.4. The second-order valence-corrected chi connectivity index (χ2v) is 7.43. The Morgan fingerprint density at radius 2 is 2.09 bits per heavy atom. The maximum atomic E-state index is 13.3. The molecule has 0 saturated carbocycles. The van der Waals surface area contributed by atoms with Gasteiger partial charge in [-0.3, -0.25) is 0 Å². The number of piperidine rings is 1. The van der Waals surface area contributed by atoms with Crippen molar-refractivity contribution in [1.29, 1.82) is 5.26 Å². The van der Waals surface area contributed by atoms with E-state index in [1.165, 1.54) is 10.4 Å². The Morgan fingerprint density at radius 1 is 1.41 bits per heavy atom. The Labute approximate surface area is 130 Å². The van der Waals surface area contributed by atoms with Gasteiger partial charge in [0, 0.05) is 13.1 Å². The van der Waals surface area contributed by atoms with Gasteiger partial charge in [0.15, 0.2) is 0 Å². The predicted octanol–water partition coefficient (Wildman–Crippen LogP) is 1.71. The van der Waals surface area contributed by atoms with Gasteiger partial charge in [-0.25, -0.2) is 12.8 Å². The van der Waals surface area contributed by atoms with Crippen LogP contribution in [-0.2, 0) is 10.0 Å². The second-order valence-electron chi connectivity index (χ2n) is 5.49. The maximum Gasteiger partial charge on any atom is 0.243 e. The first-order valence-corrected chi connectivity index (χ1v) is 8.77. The van der Waals surface area contributed by atoms with E-state index >= 15 is 0 Å². The number of nitrogens with zero attached hydrogens (tertiary/aromatic N) is 2. The van der Waals surface area contributed by atoms with Crippen LogP contribution in [0.5, 0.6) is 0 Å². The summed E-state index contributed by atoms with van der Waals surface area (Å²) in [4.78, 5) is -0.0147. The summed E-state index contributed by atoms with van der Waals surface area (Å²) in [6.45, 7) is 1.87. The van der Waals surface area contributed by atoms with Gasteiger partial charge >= 0.3 is 0 Å². The highest BCUT2D eigenvalue weighted by Crippen LogP contribution is 2.26. The normalized spacial score (nSPS) is 17.3. The molecule has 1 saturated heterocycles. The topological polar surface area (TPSA) is 73.2 Å². The van der Waals surface area contributed by atoms with Crippen molar-refractivity contribution in [1.82, 2.24) is 9.62 Å². The van der Waals surface area contributed by atoms with Gasteiger partial charge in [-0.2, -0.15) is 9.57 Å². The Balaban J connectivity index is 2.11. The average Bonchev–Trinajstić information content (AvgIpc) is 2.53. The lowest BCUT2D eigenvalue weighted by molar-refractivity contribution is 0.263. The lowest BCUT2D eigenvalue weighted by Crippen LogP contribution is -2.38. The molecule has 0 aromatic heterocycles. The first-order chi connectivity index (χ1) is 10.5. The Morgan fingerprint density at radius 3 is 2.68 bits per heavy atom. The minimum atomic E-state index is -3.66. The number of benzene rings is 1. The fourth-order valence-electron chi connectivity index (χ4n) is 2.69. The van der Waals surface area contributed by atoms with Crippen LogP contribution in [-0.4, -0.2) is 39.4 Å². The van der Waals surface area contributed by atoms with Gasteiger partial charge in [-0.15, -0.1) is 0 Å². The van der Waals surface area contributed by atoms with Crippen molar-refractivity contribution < 1.29 is 12.8 Å². The highest BCUT2D eigenvalue weighted by atomic mass is 32.2. The SMILES string of the molecule is CNCCC1CCN(S(=O)(=O)c2ccc(F)c(C#N)c2)CC1. The maximum absolute atomic E-state index is 13.3. The monoisotopic (exact) mass is 325 g/mol. The van der Waals surface area contributed by atoms with Gasteiger partial charge in [0.1, 0.15) is 11.9 Å². The smallest absolute Gasteiger partial charge is 0.243 e. The number of sulfonamides is 1. The molecule has 5 nitrogen and oxygen atoms in total. The van der Waals surface area contributed by atoms with E-state index in [1.807, 2.05) is 7.05 Å². The van der Waals surface area contributed by atoms with Crippen LogP contribution in [0, 0.1) is 23.1 Å². The summed E-state index contributed by atoms with van der Waals surface area (Å²) >= 11 is 0. The van der Waals surface area contributed by atoms with Gasteiger partial charge in [0.2, 0.25) is 10.0 Å². The van der Waals surface area contributed by atoms with Crippen LogP contribution in [0.4, 0.5) is 4.39 Å². The molecule has 0 unspecified atom stereocenters. The molecule has 0 amide bonds. The highest BCUT2D eigenvalue weighted by molar-refractivity contribution is 7.89. The Bertz CT molecular complexity index is 662. The Kier molecular flexibility index (Phi) is 5.51. The van der Waals surface area contributed by atoms with E-state index in [2.05, 4.69) is 5.32 Å². The van der Waals surface area contributed by atoms with Gasteiger partial charge < -0.3 is 5.32 Å². The van der Waals surface area contributed by atoms with Crippen molar-refractivity contribution in [3.8, 4) is 6.07 Å². The molecule has 120 valence electrons. The second kappa shape index (κ2) is 7.18. The van der Waals surface area contributed by atoms with Crippen LogP contribution in [0.1, 0.15) is 24.8 Å². The average molecular weight is 325 g/mol. The zero-order valence-electron chi connectivity index (χ0n) is 12.5. The third kappa shape index (κ3) is 3.64. The van der Waals surface area contributed by atoms with Crippen LogP contribution in [0.25, 0.3) is 0 Å². The summed E-state index contributed by atoms with van der Waals surface area (Å²) in [5, 5.41) is 11.9. The summed E-state index contributed by atoms with van der Waals surface area (Å²) in [5.41, 5.74) is -0.245. The third-order valence-corrected chi connectivity index (χ3v) is 5.97. The van der Waals surface area contributed by atoms with Crippen molar-refractivity contribution >= 4 is 10.0 Å². The summed E-state index contributed by atoms with van der Waals surface area (Å²) in [6, 6.07) is 5.04. The van der Waals surface area contributed by atoms with Crippen LogP contribution < -0.4 is 5.32 Å². The summed E-state index contributed by atoms with van der Waals surface area (Å²) in [7, 11) is -1.75. The molecule has 1 aliphatic rings. The largest absolute Gasteiger partial charge is 0.320 e. The zero-order chi connectivity index (χ0) is 16.2. The minimum absolute atomic E-state index is 0.0147. The first-order valence-electron chi connectivity index (χ1n) is 7.33. The molecular weight excluding hydrogens is 305 g/mol. The lowest BCUT2D eigenvalue weighted by atomic mass is 9.95. The number of rotatable bonds is 5. The van der Waals surface area contributed by atoms with E-state index in [9.17, 15) is 12.8 Å². The lowest BCUT2D eigenvalue weighted by Gasteiger charge is -2.31. The van der Waals surface area contributed by atoms with Crippen molar-refractivity contribution in [3.05, 3.63) is 29.6 Å². The molecule has 0 spiro atoms. The molecule has 1 fully saturated rings. The first kappa shape index (κ1) is 16.9. The number of nitrogens with one attached hydrogen (secondary N) is 1. The molecule has 0 radical (unpaired) electrons. The molecule has 1 aromatic rings. The van der Waals surface area contributed by atoms with E-state index in [0.717, 1.165) is 37.9 Å². The molecule has 1 aliphatic heterocycles. The summed E-state index contributed by atoms with van der Waals surface area (Å²) in [6.07, 6.45) is 2.69. The minimum Gasteiger partial charge on any atom is -0.320 e. The van der Waals surface area contributed by atoms with Crippen LogP contribution in [0.15, 0.2) is 23.1 Å². The van der Waals surface area contributed by atoms with E-state index in [4.69, 9.17) is 5.26 Å². The van der Waals surface area contributed by atoms with Gasteiger partial charge in [-0.05, 0) is 57.0 Å². The van der Waals surface area contributed by atoms with Crippen LogP contribution >= 0.6 is 0 Å².